The van der Waals surface area contributed by atoms with E-state index in [1.807, 2.05) is 13.0 Å². The fraction of sp³-hybridized carbons (Fsp3) is 0.462. The molecule has 0 aromatic carbocycles. The van der Waals surface area contributed by atoms with Crippen molar-refractivity contribution >= 4 is 17.4 Å². The summed E-state index contributed by atoms with van der Waals surface area (Å²) in [5.41, 5.74) is 6.63. The van der Waals surface area contributed by atoms with Gasteiger partial charge in [0.2, 0.25) is 0 Å². The van der Waals surface area contributed by atoms with Gasteiger partial charge in [0.1, 0.15) is 28.9 Å². The Morgan fingerprint density at radius 3 is 2.83 bits per heavy atom. The van der Waals surface area contributed by atoms with Gasteiger partial charge < -0.3 is 10.2 Å². The van der Waals surface area contributed by atoms with Crippen molar-refractivity contribution < 1.29 is 4.42 Å². The third kappa shape index (κ3) is 1.90. The number of furan rings is 1. The first-order valence-corrected chi connectivity index (χ1v) is 6.51. The highest BCUT2D eigenvalue weighted by Crippen LogP contribution is 2.47. The van der Waals surface area contributed by atoms with E-state index in [0.717, 1.165) is 23.1 Å². The highest BCUT2D eigenvalue weighted by atomic mass is 35.5. The predicted molar refractivity (Wildman–Crippen MR) is 70.7 cm³/mol. The highest BCUT2D eigenvalue weighted by molar-refractivity contribution is 6.33. The molecule has 2 N–H and O–H groups in total. The van der Waals surface area contributed by atoms with E-state index in [1.165, 1.54) is 6.42 Å². The molecule has 2 aromatic rings. The van der Waals surface area contributed by atoms with Gasteiger partial charge in [-0.05, 0) is 31.4 Å². The number of rotatable bonds is 3. The summed E-state index contributed by atoms with van der Waals surface area (Å²) in [6.45, 7) is 4.61. The number of nitrogens with zero attached hydrogens (tertiary/aromatic N) is 2. The Bertz CT molecular complexity index is 587. The molecule has 5 heteroatoms. The zero-order valence-corrected chi connectivity index (χ0v) is 11.2. The fourth-order valence-electron chi connectivity index (χ4n) is 2.24. The van der Waals surface area contributed by atoms with Crippen LogP contribution >= 0.6 is 11.6 Å². The number of aryl methyl sites for hydroxylation is 1. The Morgan fingerprint density at radius 1 is 1.56 bits per heavy atom. The van der Waals surface area contributed by atoms with Crippen molar-refractivity contribution in [2.24, 2.45) is 5.92 Å². The van der Waals surface area contributed by atoms with Crippen LogP contribution in [0.1, 0.15) is 36.5 Å². The SMILES string of the molecule is Cc1nn(Cc2ccc(C3CC3C)o2)c(N)c1Cl. The van der Waals surface area contributed by atoms with Crippen LogP contribution in [0.25, 0.3) is 0 Å². The van der Waals surface area contributed by atoms with Gasteiger partial charge in [-0.3, -0.25) is 0 Å². The van der Waals surface area contributed by atoms with Gasteiger partial charge in [0.25, 0.3) is 0 Å². The van der Waals surface area contributed by atoms with Gasteiger partial charge in [-0.2, -0.15) is 5.10 Å². The minimum absolute atomic E-state index is 0.493. The first kappa shape index (κ1) is 11.7. The van der Waals surface area contributed by atoms with E-state index in [4.69, 9.17) is 21.8 Å². The van der Waals surface area contributed by atoms with Crippen LogP contribution in [-0.4, -0.2) is 9.78 Å². The molecule has 4 nitrogen and oxygen atoms in total. The van der Waals surface area contributed by atoms with Gasteiger partial charge in [-0.15, -0.1) is 0 Å². The molecule has 2 unspecified atom stereocenters. The molecule has 0 aliphatic heterocycles. The summed E-state index contributed by atoms with van der Waals surface area (Å²) in [6, 6.07) is 4.04. The van der Waals surface area contributed by atoms with Crippen molar-refractivity contribution in [2.75, 3.05) is 5.73 Å². The molecule has 1 aliphatic rings. The molecule has 18 heavy (non-hydrogen) atoms. The molecule has 2 aromatic heterocycles. The smallest absolute Gasteiger partial charge is 0.141 e. The average molecular weight is 266 g/mol. The lowest BCUT2D eigenvalue weighted by Gasteiger charge is -2.01. The maximum atomic E-state index is 6.01. The number of aromatic nitrogens is 2. The van der Waals surface area contributed by atoms with Crippen LogP contribution in [0.15, 0.2) is 16.5 Å². The largest absolute Gasteiger partial charge is 0.464 e. The Labute approximate surface area is 111 Å². The van der Waals surface area contributed by atoms with Crippen LogP contribution in [0.2, 0.25) is 5.02 Å². The van der Waals surface area contributed by atoms with Crippen LogP contribution in [0.5, 0.6) is 0 Å². The Morgan fingerprint density at radius 2 is 2.28 bits per heavy atom. The predicted octanol–water partition coefficient (Wildman–Crippen LogP) is 3.19. The molecule has 0 amide bonds. The molecule has 2 heterocycles. The average Bonchev–Trinajstić information content (AvgIpc) is 2.81. The van der Waals surface area contributed by atoms with Crippen molar-refractivity contribution in [1.29, 1.82) is 0 Å². The zero-order chi connectivity index (χ0) is 12.9. The molecule has 3 rings (SSSR count). The molecule has 2 atom stereocenters. The molecular weight excluding hydrogens is 250 g/mol. The number of hydrogen-bond donors (Lipinski definition) is 1. The zero-order valence-electron chi connectivity index (χ0n) is 10.5. The number of nitrogens with two attached hydrogens (primary N) is 1. The van der Waals surface area contributed by atoms with E-state index in [2.05, 4.69) is 18.1 Å². The van der Waals surface area contributed by atoms with Gasteiger partial charge in [-0.1, -0.05) is 18.5 Å². The summed E-state index contributed by atoms with van der Waals surface area (Å²) in [6.07, 6.45) is 1.22. The first-order valence-electron chi connectivity index (χ1n) is 6.13. The third-order valence-corrected chi connectivity index (χ3v) is 4.02. The van der Waals surface area contributed by atoms with Crippen molar-refractivity contribution in [3.05, 3.63) is 34.4 Å². The molecule has 1 fully saturated rings. The molecule has 0 radical (unpaired) electrons. The summed E-state index contributed by atoms with van der Waals surface area (Å²) < 4.78 is 7.50. The second kappa shape index (κ2) is 4.05. The summed E-state index contributed by atoms with van der Waals surface area (Å²) in [5.74, 6) is 3.78. The van der Waals surface area contributed by atoms with Crippen LogP contribution in [-0.2, 0) is 6.54 Å². The number of nitrogen functional groups attached to an aromatic ring is 1. The lowest BCUT2D eigenvalue weighted by Crippen LogP contribution is -2.05. The van der Waals surface area contributed by atoms with E-state index < -0.39 is 0 Å². The number of anilines is 1. The van der Waals surface area contributed by atoms with E-state index in [1.54, 1.807) is 4.68 Å². The molecule has 1 aliphatic carbocycles. The monoisotopic (exact) mass is 265 g/mol. The Hall–Kier alpha value is -1.42. The number of hydrogen-bond acceptors (Lipinski definition) is 3. The lowest BCUT2D eigenvalue weighted by molar-refractivity contribution is 0.443. The maximum Gasteiger partial charge on any atom is 0.141 e. The van der Waals surface area contributed by atoms with E-state index >= 15 is 0 Å². The van der Waals surface area contributed by atoms with Gasteiger partial charge in [0, 0.05) is 5.92 Å². The summed E-state index contributed by atoms with van der Waals surface area (Å²) in [5, 5.41) is 4.82. The van der Waals surface area contributed by atoms with Crippen LogP contribution < -0.4 is 5.73 Å². The second-order valence-corrected chi connectivity index (χ2v) is 5.44. The maximum absolute atomic E-state index is 6.01. The normalized spacial score (nSPS) is 22.4. The Balaban J connectivity index is 1.79. The van der Waals surface area contributed by atoms with E-state index in [0.29, 0.717) is 23.3 Å². The topological polar surface area (TPSA) is 57.0 Å². The minimum atomic E-state index is 0.493. The molecule has 96 valence electrons. The quantitative estimate of drug-likeness (QED) is 0.927. The van der Waals surface area contributed by atoms with Gasteiger partial charge in [0.05, 0.1) is 5.69 Å². The van der Waals surface area contributed by atoms with Gasteiger partial charge >= 0.3 is 0 Å². The Kier molecular flexibility index (Phi) is 2.63. The van der Waals surface area contributed by atoms with Gasteiger partial charge in [0.15, 0.2) is 0 Å². The van der Waals surface area contributed by atoms with Crippen LogP contribution in [0.3, 0.4) is 0 Å². The molecule has 0 spiro atoms. The minimum Gasteiger partial charge on any atom is -0.464 e. The van der Waals surface area contributed by atoms with Gasteiger partial charge in [-0.25, -0.2) is 4.68 Å². The second-order valence-electron chi connectivity index (χ2n) is 5.07. The van der Waals surface area contributed by atoms with E-state index in [9.17, 15) is 0 Å². The summed E-state index contributed by atoms with van der Waals surface area (Å²) in [4.78, 5) is 0. The highest BCUT2D eigenvalue weighted by Gasteiger charge is 2.36. The van der Waals surface area contributed by atoms with E-state index in [-0.39, 0.29) is 0 Å². The third-order valence-electron chi connectivity index (χ3n) is 3.55. The summed E-state index contributed by atoms with van der Waals surface area (Å²) in [7, 11) is 0. The summed E-state index contributed by atoms with van der Waals surface area (Å²) >= 11 is 6.01. The fourth-order valence-corrected chi connectivity index (χ4v) is 2.38. The van der Waals surface area contributed by atoms with Crippen molar-refractivity contribution in [3.63, 3.8) is 0 Å². The molecular formula is C13H16ClN3O. The standard InChI is InChI=1S/C13H16ClN3O/c1-7-5-10(7)11-4-3-9(18-11)6-17-13(15)12(14)8(2)16-17/h3-4,7,10H,5-6,15H2,1-2H3. The first-order chi connectivity index (χ1) is 8.56. The number of halogens is 1. The van der Waals surface area contributed by atoms with Crippen molar-refractivity contribution in [3.8, 4) is 0 Å². The van der Waals surface area contributed by atoms with Crippen molar-refractivity contribution in [2.45, 2.75) is 32.7 Å². The van der Waals surface area contributed by atoms with Crippen LogP contribution in [0, 0.1) is 12.8 Å². The molecule has 0 saturated heterocycles. The van der Waals surface area contributed by atoms with Crippen LogP contribution in [0.4, 0.5) is 5.82 Å². The molecule has 0 bridgehead atoms. The lowest BCUT2D eigenvalue weighted by atomic mass is 10.3. The van der Waals surface area contributed by atoms with Crippen molar-refractivity contribution in [1.82, 2.24) is 9.78 Å². The molecule has 1 saturated carbocycles.